The summed E-state index contributed by atoms with van der Waals surface area (Å²) in [7, 11) is 1.71. The maximum Gasteiger partial charge on any atom is 0.192 e. The van der Waals surface area contributed by atoms with Crippen LogP contribution in [0.25, 0.3) is 0 Å². The zero-order valence-corrected chi connectivity index (χ0v) is 11.2. The van der Waals surface area contributed by atoms with Crippen molar-refractivity contribution in [3.8, 4) is 0 Å². The maximum absolute atomic E-state index is 5.91. The first-order chi connectivity index (χ1) is 8.26. The summed E-state index contributed by atoms with van der Waals surface area (Å²) in [4.78, 5) is 9.23. The second-order valence-corrected chi connectivity index (χ2v) is 5.26. The van der Waals surface area contributed by atoms with Crippen molar-refractivity contribution in [2.75, 3.05) is 26.8 Å². The molecule has 1 aromatic rings. The summed E-state index contributed by atoms with van der Waals surface area (Å²) in [6.07, 6.45) is 1.09. The average Bonchev–Trinajstić information content (AvgIpc) is 2.93. The van der Waals surface area contributed by atoms with Gasteiger partial charge < -0.3 is 15.4 Å². The Kier molecular flexibility index (Phi) is 4.02. The molecule has 1 unspecified atom stereocenters. The van der Waals surface area contributed by atoms with Gasteiger partial charge in [-0.25, -0.2) is 0 Å². The Balaban J connectivity index is 2.09. The summed E-state index contributed by atoms with van der Waals surface area (Å²) >= 11 is 1.86. The van der Waals surface area contributed by atoms with Crippen molar-refractivity contribution in [2.24, 2.45) is 10.7 Å². The van der Waals surface area contributed by atoms with Crippen molar-refractivity contribution < 1.29 is 4.74 Å². The molecule has 0 saturated heterocycles. The van der Waals surface area contributed by atoms with Gasteiger partial charge in [0.1, 0.15) is 0 Å². The fourth-order valence-electron chi connectivity index (χ4n) is 2.00. The molecule has 1 aliphatic heterocycles. The minimum absolute atomic E-state index is 0.301. The normalized spacial score (nSPS) is 19.8. The number of aliphatic imine (C=N–C) groups is 1. The van der Waals surface area contributed by atoms with Crippen LogP contribution in [0.4, 0.5) is 0 Å². The van der Waals surface area contributed by atoms with Gasteiger partial charge in [-0.05, 0) is 18.6 Å². The monoisotopic (exact) mass is 253 g/mol. The highest BCUT2D eigenvalue weighted by Gasteiger charge is 2.28. The molecule has 1 aliphatic rings. The van der Waals surface area contributed by atoms with E-state index in [4.69, 9.17) is 10.5 Å². The number of rotatable bonds is 5. The predicted octanol–water partition coefficient (Wildman–Crippen LogP) is 1.63. The van der Waals surface area contributed by atoms with Gasteiger partial charge in [-0.3, -0.25) is 4.99 Å². The molecule has 0 aromatic carbocycles. The predicted molar refractivity (Wildman–Crippen MR) is 71.5 cm³/mol. The third-order valence-corrected chi connectivity index (χ3v) is 4.32. The summed E-state index contributed by atoms with van der Waals surface area (Å²) in [5.41, 5.74) is 5.91. The molecule has 2 heterocycles. The van der Waals surface area contributed by atoms with E-state index in [0.29, 0.717) is 18.6 Å². The second-order valence-electron chi connectivity index (χ2n) is 4.06. The molecule has 2 N–H and O–H groups in total. The summed E-state index contributed by atoms with van der Waals surface area (Å²) in [6.45, 7) is 4.42. The molecule has 1 atom stereocenters. The highest BCUT2D eigenvalue weighted by atomic mass is 32.1. The minimum Gasteiger partial charge on any atom is -0.383 e. The zero-order valence-electron chi connectivity index (χ0n) is 10.3. The number of guanidine groups is 1. The molecule has 0 saturated carbocycles. The third kappa shape index (κ3) is 2.61. The van der Waals surface area contributed by atoms with Gasteiger partial charge in [-0.15, -0.1) is 11.3 Å². The quantitative estimate of drug-likeness (QED) is 0.867. The zero-order chi connectivity index (χ0) is 12.3. The Labute approximate surface area is 106 Å². The van der Waals surface area contributed by atoms with Crippen molar-refractivity contribution in [3.05, 3.63) is 21.9 Å². The average molecular weight is 253 g/mol. The van der Waals surface area contributed by atoms with Crippen LogP contribution in [-0.4, -0.2) is 37.7 Å². The van der Waals surface area contributed by atoms with Crippen molar-refractivity contribution in [1.29, 1.82) is 0 Å². The Hall–Kier alpha value is -1.07. The summed E-state index contributed by atoms with van der Waals surface area (Å²) in [5.74, 6) is 0.637. The van der Waals surface area contributed by atoms with E-state index in [1.165, 1.54) is 9.75 Å². The first-order valence-corrected chi connectivity index (χ1v) is 6.72. The molecule has 5 heteroatoms. The number of aryl methyl sites for hydroxylation is 1. The number of nitrogens with zero attached hydrogens (tertiary/aromatic N) is 2. The molecule has 0 aliphatic carbocycles. The molecule has 0 radical (unpaired) electrons. The van der Waals surface area contributed by atoms with Crippen LogP contribution in [0, 0.1) is 0 Å². The lowest BCUT2D eigenvalue weighted by Gasteiger charge is -2.25. The van der Waals surface area contributed by atoms with E-state index in [1.807, 2.05) is 11.3 Å². The summed E-state index contributed by atoms with van der Waals surface area (Å²) in [6, 6.07) is 4.70. The molecular weight excluding hydrogens is 234 g/mol. The molecule has 0 bridgehead atoms. The fraction of sp³-hybridized carbons (Fsp3) is 0.583. The first kappa shape index (κ1) is 12.4. The van der Waals surface area contributed by atoms with Gasteiger partial charge in [0.2, 0.25) is 0 Å². The molecule has 0 spiro atoms. The highest BCUT2D eigenvalue weighted by molar-refractivity contribution is 7.12. The standard InChI is InChI=1S/C12H19N3OS/c1-3-9-4-5-11(17-9)10-8-14-12(13)15(10)6-7-16-2/h4-5,10H,3,6-8H2,1-2H3,(H2,13,14). The number of hydrogen-bond acceptors (Lipinski definition) is 5. The van der Waals surface area contributed by atoms with Gasteiger partial charge in [-0.1, -0.05) is 6.92 Å². The van der Waals surface area contributed by atoms with E-state index in [2.05, 4.69) is 28.9 Å². The lowest BCUT2D eigenvalue weighted by Crippen LogP contribution is -2.38. The summed E-state index contributed by atoms with van der Waals surface area (Å²) < 4.78 is 5.11. The second kappa shape index (κ2) is 5.51. The van der Waals surface area contributed by atoms with Crippen LogP contribution in [0.2, 0.25) is 0 Å². The van der Waals surface area contributed by atoms with Gasteiger partial charge in [0.25, 0.3) is 0 Å². The van der Waals surface area contributed by atoms with E-state index < -0.39 is 0 Å². The van der Waals surface area contributed by atoms with E-state index >= 15 is 0 Å². The van der Waals surface area contributed by atoms with Crippen LogP contribution in [0.3, 0.4) is 0 Å². The number of ether oxygens (including phenoxy) is 1. The molecular formula is C12H19N3OS. The number of hydrogen-bond donors (Lipinski definition) is 1. The highest BCUT2D eigenvalue weighted by Crippen LogP contribution is 2.31. The Morgan fingerprint density at radius 3 is 3.06 bits per heavy atom. The summed E-state index contributed by atoms with van der Waals surface area (Å²) in [5, 5.41) is 0. The van der Waals surface area contributed by atoms with Gasteiger partial charge in [-0.2, -0.15) is 0 Å². The van der Waals surface area contributed by atoms with Crippen LogP contribution >= 0.6 is 11.3 Å². The third-order valence-electron chi connectivity index (χ3n) is 2.99. The van der Waals surface area contributed by atoms with Crippen molar-refractivity contribution in [1.82, 2.24) is 4.90 Å². The topological polar surface area (TPSA) is 50.8 Å². The maximum atomic E-state index is 5.91. The number of methoxy groups -OCH3 is 1. The van der Waals surface area contributed by atoms with Crippen LogP contribution in [0.5, 0.6) is 0 Å². The minimum atomic E-state index is 0.301. The lowest BCUT2D eigenvalue weighted by atomic mass is 10.2. The first-order valence-electron chi connectivity index (χ1n) is 5.90. The Bertz CT molecular complexity index is 402. The molecule has 0 fully saturated rings. The van der Waals surface area contributed by atoms with Crippen LogP contribution < -0.4 is 5.73 Å². The number of thiophene rings is 1. The lowest BCUT2D eigenvalue weighted by molar-refractivity contribution is 0.167. The smallest absolute Gasteiger partial charge is 0.192 e. The number of nitrogens with two attached hydrogens (primary N) is 1. The van der Waals surface area contributed by atoms with Crippen molar-refractivity contribution >= 4 is 17.3 Å². The van der Waals surface area contributed by atoms with Crippen molar-refractivity contribution in [2.45, 2.75) is 19.4 Å². The van der Waals surface area contributed by atoms with E-state index in [0.717, 1.165) is 19.5 Å². The van der Waals surface area contributed by atoms with E-state index in [9.17, 15) is 0 Å². The SMILES string of the molecule is CCc1ccc(C2CN=C(N)N2CCOC)s1. The van der Waals surface area contributed by atoms with Gasteiger partial charge in [0.15, 0.2) is 5.96 Å². The molecule has 2 rings (SSSR count). The molecule has 1 aromatic heterocycles. The van der Waals surface area contributed by atoms with Gasteiger partial charge in [0, 0.05) is 23.4 Å². The molecule has 17 heavy (non-hydrogen) atoms. The van der Waals surface area contributed by atoms with Gasteiger partial charge in [0.05, 0.1) is 19.2 Å². The Morgan fingerprint density at radius 2 is 2.41 bits per heavy atom. The molecule has 94 valence electrons. The van der Waals surface area contributed by atoms with E-state index in [1.54, 1.807) is 7.11 Å². The largest absolute Gasteiger partial charge is 0.383 e. The molecule has 0 amide bonds. The van der Waals surface area contributed by atoms with Crippen LogP contribution in [0.15, 0.2) is 17.1 Å². The Morgan fingerprint density at radius 1 is 1.59 bits per heavy atom. The van der Waals surface area contributed by atoms with E-state index in [-0.39, 0.29) is 0 Å². The van der Waals surface area contributed by atoms with Gasteiger partial charge >= 0.3 is 0 Å². The van der Waals surface area contributed by atoms with Crippen LogP contribution in [0.1, 0.15) is 22.7 Å². The van der Waals surface area contributed by atoms with Crippen molar-refractivity contribution in [3.63, 3.8) is 0 Å². The fourth-order valence-corrected chi connectivity index (χ4v) is 3.05. The van der Waals surface area contributed by atoms with Crippen LogP contribution in [-0.2, 0) is 11.2 Å². The molecule has 4 nitrogen and oxygen atoms in total.